The van der Waals surface area contributed by atoms with Crippen LogP contribution < -0.4 is 5.56 Å². The second-order valence-electron chi connectivity index (χ2n) is 8.80. The lowest BCUT2D eigenvalue weighted by molar-refractivity contribution is 0.149. The molecule has 0 radical (unpaired) electrons. The summed E-state index contributed by atoms with van der Waals surface area (Å²) in [6, 6.07) is 21.8. The van der Waals surface area contributed by atoms with Crippen LogP contribution >= 0.6 is 0 Å². The first kappa shape index (κ1) is 22.7. The molecule has 2 aromatic carbocycles. The number of rotatable bonds is 9. The van der Waals surface area contributed by atoms with Gasteiger partial charge in [0.05, 0.1) is 25.4 Å². The van der Waals surface area contributed by atoms with Crippen molar-refractivity contribution in [2.75, 3.05) is 0 Å². The zero-order valence-corrected chi connectivity index (χ0v) is 19.9. The number of hydrogen-bond acceptors (Lipinski definition) is 6. The van der Waals surface area contributed by atoms with Gasteiger partial charge in [-0.15, -0.1) is 5.10 Å². The lowest BCUT2D eigenvalue weighted by atomic mass is 10.1. The summed E-state index contributed by atoms with van der Waals surface area (Å²) in [6.07, 6.45) is 2.43. The van der Waals surface area contributed by atoms with Crippen molar-refractivity contribution >= 4 is 10.9 Å². The molecule has 8 heteroatoms. The zero-order valence-electron chi connectivity index (χ0n) is 19.9. The molecule has 0 aliphatic carbocycles. The highest BCUT2D eigenvalue weighted by atomic mass is 16.3. The van der Waals surface area contributed by atoms with Gasteiger partial charge < -0.3 is 9.40 Å². The first-order chi connectivity index (χ1) is 17.1. The molecule has 1 N–H and O–H groups in total. The molecule has 1 atom stereocenters. The van der Waals surface area contributed by atoms with Gasteiger partial charge in [0.25, 0.3) is 5.56 Å². The van der Waals surface area contributed by atoms with E-state index in [0.717, 1.165) is 40.0 Å². The highest BCUT2D eigenvalue weighted by molar-refractivity contribution is 5.79. The van der Waals surface area contributed by atoms with Crippen LogP contribution in [-0.4, -0.2) is 30.1 Å². The minimum Gasteiger partial charge on any atom is -0.468 e. The van der Waals surface area contributed by atoms with Crippen LogP contribution in [0.1, 0.15) is 47.7 Å². The van der Waals surface area contributed by atoms with E-state index in [9.17, 15) is 4.79 Å². The predicted octanol–water partition coefficient (Wildman–Crippen LogP) is 4.62. The summed E-state index contributed by atoms with van der Waals surface area (Å²) >= 11 is 0. The molecule has 0 aliphatic heterocycles. The van der Waals surface area contributed by atoms with E-state index in [0.29, 0.717) is 25.2 Å². The second-order valence-corrected chi connectivity index (χ2v) is 8.80. The molecule has 3 aromatic heterocycles. The molecule has 0 saturated carbocycles. The summed E-state index contributed by atoms with van der Waals surface area (Å²) in [5.41, 5.74) is 3.70. The van der Waals surface area contributed by atoms with Crippen LogP contribution in [0.4, 0.5) is 0 Å². The number of aryl methyl sites for hydroxylation is 1. The normalized spacial score (nSPS) is 12.4. The minimum absolute atomic E-state index is 0.0930. The Morgan fingerprint density at radius 2 is 1.91 bits per heavy atom. The van der Waals surface area contributed by atoms with Gasteiger partial charge in [0.2, 0.25) is 0 Å². The largest absolute Gasteiger partial charge is 0.468 e. The van der Waals surface area contributed by atoms with Gasteiger partial charge in [0.1, 0.15) is 5.76 Å². The summed E-state index contributed by atoms with van der Waals surface area (Å²) in [7, 11) is 0. The molecule has 8 nitrogen and oxygen atoms in total. The number of tetrazole rings is 1. The number of aromatic nitrogens is 5. The molecular formula is C27H28N6O2. The van der Waals surface area contributed by atoms with Gasteiger partial charge in [0.15, 0.2) is 5.82 Å². The second kappa shape index (κ2) is 10.1. The summed E-state index contributed by atoms with van der Waals surface area (Å²) in [5.74, 6) is 1.58. The molecule has 0 bridgehead atoms. The third-order valence-corrected chi connectivity index (χ3v) is 6.25. The number of aromatic amines is 1. The van der Waals surface area contributed by atoms with Gasteiger partial charge in [-0.25, -0.2) is 4.68 Å². The van der Waals surface area contributed by atoms with Crippen molar-refractivity contribution in [1.29, 1.82) is 0 Å². The number of benzene rings is 2. The number of furan rings is 1. The lowest BCUT2D eigenvalue weighted by Crippen LogP contribution is -2.32. The van der Waals surface area contributed by atoms with Crippen LogP contribution in [0.2, 0.25) is 0 Å². The molecule has 0 spiro atoms. The van der Waals surface area contributed by atoms with E-state index in [1.807, 2.05) is 60.1 Å². The van der Waals surface area contributed by atoms with Crippen LogP contribution in [-0.2, 0) is 19.6 Å². The number of nitrogens with zero attached hydrogens (tertiary/aromatic N) is 5. The van der Waals surface area contributed by atoms with Crippen LogP contribution in [0.15, 0.2) is 82.2 Å². The van der Waals surface area contributed by atoms with Crippen LogP contribution in [0, 0.1) is 6.92 Å². The monoisotopic (exact) mass is 468 g/mol. The molecule has 35 heavy (non-hydrogen) atoms. The Morgan fingerprint density at radius 3 is 2.69 bits per heavy atom. The molecule has 0 fully saturated rings. The van der Waals surface area contributed by atoms with E-state index in [2.05, 4.69) is 50.5 Å². The average molecular weight is 469 g/mol. The van der Waals surface area contributed by atoms with E-state index >= 15 is 0 Å². The molecule has 5 rings (SSSR count). The Morgan fingerprint density at radius 1 is 1.06 bits per heavy atom. The number of fused-ring (bicyclic) bond motifs is 1. The van der Waals surface area contributed by atoms with E-state index in [4.69, 9.17) is 4.42 Å². The first-order valence-electron chi connectivity index (χ1n) is 11.8. The standard InChI is InChI=1S/C27H28N6O2/c1-3-25(26-29-30-31-33(26)16-20-8-5-4-6-9-20)32(18-23-10-7-13-35-23)17-22-15-21-14-19(2)11-12-24(21)28-27(22)34/h4-15,25H,3,16-18H2,1-2H3,(H,28,34)/t25-/m0/s1. The molecule has 5 aromatic rings. The summed E-state index contributed by atoms with van der Waals surface area (Å²) in [4.78, 5) is 18.3. The zero-order chi connectivity index (χ0) is 24.2. The van der Waals surface area contributed by atoms with Crippen molar-refractivity contribution in [3.63, 3.8) is 0 Å². The Kier molecular flexibility index (Phi) is 6.54. The average Bonchev–Trinajstić information content (AvgIpc) is 3.54. The molecule has 0 unspecified atom stereocenters. The summed E-state index contributed by atoms with van der Waals surface area (Å²) < 4.78 is 7.51. The Labute approximate surface area is 203 Å². The quantitative estimate of drug-likeness (QED) is 0.339. The maximum atomic E-state index is 13.0. The number of nitrogens with one attached hydrogen (secondary N) is 1. The van der Waals surface area contributed by atoms with E-state index in [1.54, 1.807) is 6.26 Å². The Bertz CT molecular complexity index is 1460. The fraction of sp³-hybridized carbons (Fsp3) is 0.259. The maximum Gasteiger partial charge on any atom is 0.252 e. The van der Waals surface area contributed by atoms with Crippen LogP contribution in [0.5, 0.6) is 0 Å². The Balaban J connectivity index is 1.51. The topological polar surface area (TPSA) is 92.8 Å². The number of hydrogen-bond donors (Lipinski definition) is 1. The van der Waals surface area contributed by atoms with Crippen molar-refractivity contribution in [3.05, 3.63) is 112 Å². The van der Waals surface area contributed by atoms with Crippen molar-refractivity contribution in [2.24, 2.45) is 0 Å². The predicted molar refractivity (Wildman–Crippen MR) is 134 cm³/mol. The molecule has 0 amide bonds. The van der Waals surface area contributed by atoms with Gasteiger partial charge >= 0.3 is 0 Å². The van der Waals surface area contributed by atoms with Gasteiger partial charge in [-0.3, -0.25) is 9.69 Å². The lowest BCUT2D eigenvalue weighted by Gasteiger charge is -2.29. The molecule has 0 saturated heterocycles. The maximum absolute atomic E-state index is 13.0. The van der Waals surface area contributed by atoms with E-state index in [1.165, 1.54) is 0 Å². The van der Waals surface area contributed by atoms with Gasteiger partial charge in [-0.05, 0) is 65.1 Å². The van der Waals surface area contributed by atoms with E-state index < -0.39 is 0 Å². The van der Waals surface area contributed by atoms with Crippen LogP contribution in [0.25, 0.3) is 10.9 Å². The SMILES string of the molecule is CC[C@@H](c1nnnn1Cc1ccccc1)N(Cc1ccco1)Cc1cc2cc(C)ccc2[nH]c1=O. The summed E-state index contributed by atoms with van der Waals surface area (Å²) in [5, 5.41) is 13.7. The smallest absolute Gasteiger partial charge is 0.252 e. The highest BCUT2D eigenvalue weighted by Gasteiger charge is 2.26. The molecule has 0 aliphatic rings. The van der Waals surface area contributed by atoms with Crippen molar-refractivity contribution in [2.45, 2.75) is 45.9 Å². The van der Waals surface area contributed by atoms with Gasteiger partial charge in [0, 0.05) is 17.6 Å². The fourth-order valence-electron chi connectivity index (χ4n) is 4.51. The van der Waals surface area contributed by atoms with Crippen molar-refractivity contribution in [1.82, 2.24) is 30.1 Å². The van der Waals surface area contributed by atoms with Crippen LogP contribution in [0.3, 0.4) is 0 Å². The third-order valence-electron chi connectivity index (χ3n) is 6.25. The number of pyridine rings is 1. The molecule has 3 heterocycles. The Hall–Kier alpha value is -4.04. The molecular weight excluding hydrogens is 440 g/mol. The van der Waals surface area contributed by atoms with Crippen molar-refractivity contribution in [3.8, 4) is 0 Å². The summed E-state index contributed by atoms with van der Waals surface area (Å²) in [6.45, 7) is 5.68. The highest BCUT2D eigenvalue weighted by Crippen LogP contribution is 2.27. The minimum atomic E-state index is -0.119. The third kappa shape index (κ3) is 5.07. The number of H-pyrrole nitrogens is 1. The molecule has 178 valence electrons. The van der Waals surface area contributed by atoms with Gasteiger partial charge in [-0.2, -0.15) is 0 Å². The van der Waals surface area contributed by atoms with E-state index in [-0.39, 0.29) is 11.6 Å². The van der Waals surface area contributed by atoms with Crippen molar-refractivity contribution < 1.29 is 4.42 Å². The first-order valence-corrected chi connectivity index (χ1v) is 11.8. The van der Waals surface area contributed by atoms with Gasteiger partial charge in [-0.1, -0.05) is 48.9 Å². The fourth-order valence-corrected chi connectivity index (χ4v) is 4.51.